The first kappa shape index (κ1) is 19.8. The lowest BCUT2D eigenvalue weighted by molar-refractivity contribution is -0.117. The summed E-state index contributed by atoms with van der Waals surface area (Å²) in [5, 5.41) is 11.8. The Bertz CT molecular complexity index is 858. The number of amides is 1. The van der Waals surface area contributed by atoms with Crippen LogP contribution in [0.2, 0.25) is 0 Å². The van der Waals surface area contributed by atoms with Gasteiger partial charge in [0.05, 0.1) is 31.4 Å². The van der Waals surface area contributed by atoms with Gasteiger partial charge in [-0.15, -0.1) is 0 Å². The Hall–Kier alpha value is -2.95. The quantitative estimate of drug-likeness (QED) is 0.832. The van der Waals surface area contributed by atoms with Crippen molar-refractivity contribution in [3.63, 3.8) is 0 Å². The van der Waals surface area contributed by atoms with Gasteiger partial charge in [0.15, 0.2) is 0 Å². The number of likely N-dealkylation sites (N-methyl/N-ethyl adjacent to an activating group) is 1. The first-order chi connectivity index (χ1) is 13.5. The lowest BCUT2D eigenvalue weighted by Gasteiger charge is -2.28. The van der Waals surface area contributed by atoms with Gasteiger partial charge in [-0.3, -0.25) is 9.69 Å². The van der Waals surface area contributed by atoms with Crippen molar-refractivity contribution < 1.29 is 13.9 Å². The summed E-state index contributed by atoms with van der Waals surface area (Å²) in [7, 11) is 1.74. The minimum Gasteiger partial charge on any atom is -0.378 e. The molecule has 0 spiro atoms. The largest absolute Gasteiger partial charge is 0.378 e. The zero-order valence-corrected chi connectivity index (χ0v) is 15.8. The van der Waals surface area contributed by atoms with E-state index in [-0.39, 0.29) is 24.8 Å². The third kappa shape index (κ3) is 5.28. The van der Waals surface area contributed by atoms with Gasteiger partial charge in [0.25, 0.3) is 0 Å². The molecule has 0 unspecified atom stereocenters. The smallest absolute Gasteiger partial charge is 0.238 e. The number of nitrogens with one attached hydrogen (secondary N) is 1. The molecule has 1 aliphatic heterocycles. The van der Waals surface area contributed by atoms with E-state index < -0.39 is 0 Å². The summed E-state index contributed by atoms with van der Waals surface area (Å²) in [6.45, 7) is 3.53. The van der Waals surface area contributed by atoms with Crippen LogP contribution in [0.25, 0.3) is 0 Å². The summed E-state index contributed by atoms with van der Waals surface area (Å²) < 4.78 is 19.2. The van der Waals surface area contributed by atoms with Gasteiger partial charge < -0.3 is 15.0 Å². The van der Waals surface area contributed by atoms with Crippen molar-refractivity contribution in [3.8, 4) is 6.07 Å². The standard InChI is InChI=1S/C21H23FN4O2/c1-25(14-17-12-16(13-23)2-7-20(17)22)15-21(27)24-18-3-5-19(6-4-18)26-8-10-28-11-9-26/h2-7,12H,8-11,14-15H2,1H3,(H,24,27). The highest BCUT2D eigenvalue weighted by molar-refractivity contribution is 5.92. The van der Waals surface area contributed by atoms with Gasteiger partial charge in [-0.25, -0.2) is 4.39 Å². The monoisotopic (exact) mass is 382 g/mol. The molecule has 1 fully saturated rings. The van der Waals surface area contributed by atoms with Crippen molar-refractivity contribution in [2.75, 3.05) is 50.1 Å². The number of hydrogen-bond acceptors (Lipinski definition) is 5. The number of carbonyl (C=O) groups is 1. The number of rotatable bonds is 6. The molecule has 1 saturated heterocycles. The number of nitrogens with zero attached hydrogens (tertiary/aromatic N) is 3. The molecule has 7 heteroatoms. The summed E-state index contributed by atoms with van der Waals surface area (Å²) in [5.41, 5.74) is 2.61. The van der Waals surface area contributed by atoms with E-state index in [0.29, 0.717) is 16.8 Å². The highest BCUT2D eigenvalue weighted by Gasteiger charge is 2.13. The Morgan fingerprint density at radius 1 is 1.25 bits per heavy atom. The zero-order valence-electron chi connectivity index (χ0n) is 15.8. The summed E-state index contributed by atoms with van der Waals surface area (Å²) >= 11 is 0. The molecule has 146 valence electrons. The molecule has 2 aromatic carbocycles. The van der Waals surface area contributed by atoms with Crippen molar-refractivity contribution in [1.29, 1.82) is 5.26 Å². The SMILES string of the molecule is CN(CC(=O)Nc1ccc(N2CCOCC2)cc1)Cc1cc(C#N)ccc1F. The number of benzene rings is 2. The van der Waals surface area contributed by atoms with E-state index in [1.54, 1.807) is 11.9 Å². The van der Waals surface area contributed by atoms with Crippen molar-refractivity contribution in [1.82, 2.24) is 4.90 Å². The molecule has 0 atom stereocenters. The number of ether oxygens (including phenoxy) is 1. The molecule has 0 radical (unpaired) electrons. The van der Waals surface area contributed by atoms with Crippen LogP contribution < -0.4 is 10.2 Å². The Kier molecular flexibility index (Phi) is 6.58. The van der Waals surface area contributed by atoms with Crippen LogP contribution in [0.15, 0.2) is 42.5 Å². The van der Waals surface area contributed by atoms with Crippen LogP contribution in [-0.4, -0.2) is 50.7 Å². The molecule has 1 heterocycles. The van der Waals surface area contributed by atoms with Crippen molar-refractivity contribution in [2.24, 2.45) is 0 Å². The van der Waals surface area contributed by atoms with Crippen LogP contribution in [0.3, 0.4) is 0 Å². The summed E-state index contributed by atoms with van der Waals surface area (Å²) in [4.78, 5) is 16.2. The van der Waals surface area contributed by atoms with E-state index in [4.69, 9.17) is 10.00 Å². The number of morpholine rings is 1. The third-order valence-electron chi connectivity index (χ3n) is 4.56. The van der Waals surface area contributed by atoms with Gasteiger partial charge in [-0.05, 0) is 49.5 Å². The number of nitriles is 1. The minimum absolute atomic E-state index is 0.113. The topological polar surface area (TPSA) is 68.6 Å². The highest BCUT2D eigenvalue weighted by Crippen LogP contribution is 2.19. The molecule has 0 aromatic heterocycles. The number of carbonyl (C=O) groups excluding carboxylic acids is 1. The van der Waals surface area contributed by atoms with Crippen LogP contribution in [0.4, 0.5) is 15.8 Å². The Labute approximate surface area is 164 Å². The second kappa shape index (κ2) is 9.31. The first-order valence-corrected chi connectivity index (χ1v) is 9.15. The van der Waals surface area contributed by atoms with E-state index in [1.807, 2.05) is 30.3 Å². The molecule has 1 N–H and O–H groups in total. The van der Waals surface area contributed by atoms with Crippen molar-refractivity contribution in [2.45, 2.75) is 6.54 Å². The molecular weight excluding hydrogens is 359 g/mol. The van der Waals surface area contributed by atoms with Crippen LogP contribution in [0.1, 0.15) is 11.1 Å². The van der Waals surface area contributed by atoms with Crippen LogP contribution in [0.5, 0.6) is 0 Å². The van der Waals surface area contributed by atoms with Crippen LogP contribution >= 0.6 is 0 Å². The lowest BCUT2D eigenvalue weighted by Crippen LogP contribution is -2.36. The molecule has 2 aromatic rings. The molecule has 0 aliphatic carbocycles. The Balaban J connectivity index is 1.53. The molecule has 1 aliphatic rings. The van der Waals surface area contributed by atoms with Gasteiger partial charge in [0, 0.05) is 36.6 Å². The second-order valence-corrected chi connectivity index (χ2v) is 6.78. The van der Waals surface area contributed by atoms with Crippen LogP contribution in [-0.2, 0) is 16.1 Å². The van der Waals surface area contributed by atoms with Gasteiger partial charge in [-0.2, -0.15) is 5.26 Å². The Morgan fingerprint density at radius 3 is 2.64 bits per heavy atom. The molecule has 3 rings (SSSR count). The van der Waals surface area contributed by atoms with E-state index in [2.05, 4.69) is 10.2 Å². The normalized spacial score (nSPS) is 14.0. The van der Waals surface area contributed by atoms with Crippen molar-refractivity contribution >= 4 is 17.3 Å². The maximum atomic E-state index is 13.9. The van der Waals surface area contributed by atoms with E-state index >= 15 is 0 Å². The predicted molar refractivity (Wildman–Crippen MR) is 106 cm³/mol. The van der Waals surface area contributed by atoms with Gasteiger partial charge in [0.2, 0.25) is 5.91 Å². The van der Waals surface area contributed by atoms with Gasteiger partial charge in [-0.1, -0.05) is 0 Å². The molecule has 0 saturated carbocycles. The Morgan fingerprint density at radius 2 is 1.96 bits per heavy atom. The summed E-state index contributed by atoms with van der Waals surface area (Å²) in [6.07, 6.45) is 0. The maximum absolute atomic E-state index is 13.9. The van der Waals surface area contributed by atoms with E-state index in [0.717, 1.165) is 32.0 Å². The highest BCUT2D eigenvalue weighted by atomic mass is 19.1. The fraction of sp³-hybridized carbons (Fsp3) is 0.333. The lowest BCUT2D eigenvalue weighted by atomic mass is 10.1. The third-order valence-corrected chi connectivity index (χ3v) is 4.56. The number of anilines is 2. The fourth-order valence-corrected chi connectivity index (χ4v) is 3.13. The van der Waals surface area contributed by atoms with Crippen LogP contribution in [0, 0.1) is 17.1 Å². The zero-order chi connectivity index (χ0) is 19.9. The maximum Gasteiger partial charge on any atom is 0.238 e. The van der Waals surface area contributed by atoms with E-state index in [9.17, 15) is 9.18 Å². The fourth-order valence-electron chi connectivity index (χ4n) is 3.13. The molecule has 1 amide bonds. The van der Waals surface area contributed by atoms with E-state index in [1.165, 1.54) is 18.2 Å². The average molecular weight is 382 g/mol. The second-order valence-electron chi connectivity index (χ2n) is 6.78. The van der Waals surface area contributed by atoms with Gasteiger partial charge in [0.1, 0.15) is 5.82 Å². The van der Waals surface area contributed by atoms with Gasteiger partial charge >= 0.3 is 0 Å². The summed E-state index contributed by atoms with van der Waals surface area (Å²) in [5.74, 6) is -0.566. The average Bonchev–Trinajstić information content (AvgIpc) is 2.70. The first-order valence-electron chi connectivity index (χ1n) is 9.15. The number of hydrogen-bond donors (Lipinski definition) is 1. The molecule has 28 heavy (non-hydrogen) atoms. The van der Waals surface area contributed by atoms with Crippen molar-refractivity contribution in [3.05, 3.63) is 59.4 Å². The predicted octanol–water partition coefficient (Wildman–Crippen LogP) is 2.60. The molecule has 6 nitrogen and oxygen atoms in total. The minimum atomic E-state index is -0.384. The summed E-state index contributed by atoms with van der Waals surface area (Å²) in [6, 6.07) is 13.9. The molecule has 0 bridgehead atoms. The molecular formula is C21H23FN4O2. The number of halogens is 1.